The molecule has 1 N–H and O–H groups in total. The number of ether oxygens (including phenoxy) is 1. The van der Waals surface area contributed by atoms with Gasteiger partial charge in [0.15, 0.2) is 0 Å². The molecule has 3 aromatic rings. The highest BCUT2D eigenvalue weighted by molar-refractivity contribution is 9.10. The average molecular weight is 396 g/mol. The zero-order valence-corrected chi connectivity index (χ0v) is 14.8. The number of nitrogens with zero attached hydrogens (tertiary/aromatic N) is 2. The molecule has 0 saturated carbocycles. The summed E-state index contributed by atoms with van der Waals surface area (Å²) in [4.78, 5) is 20.2. The summed E-state index contributed by atoms with van der Waals surface area (Å²) >= 11 is 3.28. The van der Waals surface area contributed by atoms with Gasteiger partial charge in [-0.2, -0.15) is 0 Å². The molecule has 0 spiro atoms. The molecule has 5 nitrogen and oxygen atoms in total. The first-order valence-corrected chi connectivity index (χ1v) is 8.34. The van der Waals surface area contributed by atoms with Gasteiger partial charge < -0.3 is 10.1 Å². The van der Waals surface area contributed by atoms with E-state index >= 15 is 0 Å². The number of benzene rings is 1. The van der Waals surface area contributed by atoms with E-state index < -0.39 is 0 Å². The number of hydrogen-bond donors (Lipinski definition) is 1. The molecule has 2 aromatic heterocycles. The summed E-state index contributed by atoms with van der Waals surface area (Å²) in [7, 11) is 0. The summed E-state index contributed by atoms with van der Waals surface area (Å²) in [6.45, 7) is 0.465. The van der Waals surface area contributed by atoms with Crippen molar-refractivity contribution in [2.45, 2.75) is 0 Å². The Kier molecular flexibility index (Phi) is 5.60. The number of pyridine rings is 2. The maximum Gasteiger partial charge on any atom is 0.253 e. The van der Waals surface area contributed by atoms with Crippen molar-refractivity contribution in [3.63, 3.8) is 0 Å². The third-order valence-corrected chi connectivity index (χ3v) is 3.76. The van der Waals surface area contributed by atoms with Crippen LogP contribution >= 0.6 is 15.9 Å². The number of fused-ring (bicyclic) bond motifs is 1. The SMILES string of the molecule is O=C(NCC#CCOc1cccc2cccnc12)c1cncc(Br)c1. The molecule has 124 valence electrons. The second kappa shape index (κ2) is 8.27. The van der Waals surface area contributed by atoms with Crippen molar-refractivity contribution in [1.82, 2.24) is 15.3 Å². The summed E-state index contributed by atoms with van der Waals surface area (Å²) < 4.78 is 6.41. The van der Waals surface area contributed by atoms with Gasteiger partial charge in [0, 0.05) is 28.4 Å². The van der Waals surface area contributed by atoms with Crippen LogP contribution in [0.15, 0.2) is 59.5 Å². The Balaban J connectivity index is 1.51. The first kappa shape index (κ1) is 16.9. The maximum atomic E-state index is 11.9. The van der Waals surface area contributed by atoms with Gasteiger partial charge in [-0.1, -0.05) is 30.0 Å². The van der Waals surface area contributed by atoms with Gasteiger partial charge in [-0.3, -0.25) is 14.8 Å². The van der Waals surface area contributed by atoms with Gasteiger partial charge in [-0.05, 0) is 34.1 Å². The summed E-state index contributed by atoms with van der Waals surface area (Å²) in [6, 6.07) is 11.3. The van der Waals surface area contributed by atoms with Crippen molar-refractivity contribution in [3.05, 3.63) is 65.0 Å². The molecule has 2 heterocycles. The minimum Gasteiger partial charge on any atom is -0.479 e. The highest BCUT2D eigenvalue weighted by Gasteiger charge is 2.04. The van der Waals surface area contributed by atoms with Crippen LogP contribution in [0.1, 0.15) is 10.4 Å². The quantitative estimate of drug-likeness (QED) is 0.688. The molecule has 0 fully saturated rings. The summed E-state index contributed by atoms with van der Waals surface area (Å²) in [5.74, 6) is 6.21. The van der Waals surface area contributed by atoms with Crippen LogP contribution in [0.4, 0.5) is 0 Å². The fourth-order valence-electron chi connectivity index (χ4n) is 2.18. The molecule has 0 saturated heterocycles. The second-order valence-corrected chi connectivity index (χ2v) is 5.96. The Morgan fingerprint density at radius 1 is 1.20 bits per heavy atom. The predicted molar refractivity (Wildman–Crippen MR) is 99.3 cm³/mol. The molecule has 1 amide bonds. The third kappa shape index (κ3) is 4.55. The topological polar surface area (TPSA) is 64.1 Å². The molecule has 0 atom stereocenters. The Bertz CT molecular complexity index is 958. The van der Waals surface area contributed by atoms with Crippen LogP contribution in [-0.2, 0) is 0 Å². The van der Waals surface area contributed by atoms with Gasteiger partial charge in [0.05, 0.1) is 12.1 Å². The maximum absolute atomic E-state index is 11.9. The van der Waals surface area contributed by atoms with Crippen LogP contribution < -0.4 is 10.1 Å². The van der Waals surface area contributed by atoms with Crippen LogP contribution in [-0.4, -0.2) is 29.0 Å². The van der Waals surface area contributed by atoms with Crippen molar-refractivity contribution in [2.75, 3.05) is 13.2 Å². The Labute approximate surface area is 153 Å². The van der Waals surface area contributed by atoms with Gasteiger partial charge in [0.2, 0.25) is 0 Å². The number of nitrogens with one attached hydrogen (secondary N) is 1. The van der Waals surface area contributed by atoms with Crippen molar-refractivity contribution in [1.29, 1.82) is 0 Å². The van der Waals surface area contributed by atoms with Gasteiger partial charge >= 0.3 is 0 Å². The molecule has 0 bridgehead atoms. The number of para-hydroxylation sites is 1. The van der Waals surface area contributed by atoms with Gasteiger partial charge in [-0.15, -0.1) is 0 Å². The highest BCUT2D eigenvalue weighted by atomic mass is 79.9. The van der Waals surface area contributed by atoms with E-state index in [4.69, 9.17) is 4.74 Å². The number of rotatable bonds is 4. The first-order valence-electron chi connectivity index (χ1n) is 7.55. The fraction of sp³-hybridized carbons (Fsp3) is 0.105. The van der Waals surface area contributed by atoms with Crippen molar-refractivity contribution in [2.24, 2.45) is 0 Å². The smallest absolute Gasteiger partial charge is 0.253 e. The van der Waals surface area contributed by atoms with E-state index in [9.17, 15) is 4.79 Å². The van der Waals surface area contributed by atoms with Crippen LogP contribution in [0.25, 0.3) is 10.9 Å². The highest BCUT2D eigenvalue weighted by Crippen LogP contribution is 2.22. The van der Waals surface area contributed by atoms with E-state index in [1.54, 1.807) is 18.5 Å². The summed E-state index contributed by atoms with van der Waals surface area (Å²) in [5, 5.41) is 3.73. The standard InChI is InChI=1S/C19H14BrN3O2/c20-16-11-15(12-21-13-16)19(24)23-8-1-2-10-25-17-7-3-5-14-6-4-9-22-18(14)17/h3-7,9,11-13H,8,10H2,(H,23,24). The van der Waals surface area contributed by atoms with Crippen LogP contribution in [0.5, 0.6) is 5.75 Å². The Morgan fingerprint density at radius 3 is 2.96 bits per heavy atom. The second-order valence-electron chi connectivity index (χ2n) is 5.05. The number of amides is 1. The molecule has 1 aromatic carbocycles. The molecule has 0 unspecified atom stereocenters. The Hall–Kier alpha value is -2.91. The van der Waals surface area contributed by atoms with Gasteiger partial charge in [0.1, 0.15) is 17.9 Å². The molecule has 0 radical (unpaired) electrons. The zero-order valence-electron chi connectivity index (χ0n) is 13.2. The lowest BCUT2D eigenvalue weighted by atomic mass is 10.2. The largest absolute Gasteiger partial charge is 0.479 e. The predicted octanol–water partition coefficient (Wildman–Crippen LogP) is 3.20. The van der Waals surface area contributed by atoms with E-state index in [0.717, 1.165) is 15.4 Å². The molecular formula is C19H14BrN3O2. The molecule has 0 aliphatic rings. The molecule has 25 heavy (non-hydrogen) atoms. The van der Waals surface area contributed by atoms with Gasteiger partial charge in [0.25, 0.3) is 5.91 Å². The molecule has 6 heteroatoms. The molecule has 0 aliphatic carbocycles. The summed E-state index contributed by atoms with van der Waals surface area (Å²) in [5.41, 5.74) is 1.29. The fourth-order valence-corrected chi connectivity index (χ4v) is 2.55. The van der Waals surface area contributed by atoms with E-state index in [-0.39, 0.29) is 19.1 Å². The van der Waals surface area contributed by atoms with Crippen LogP contribution in [0.2, 0.25) is 0 Å². The summed E-state index contributed by atoms with van der Waals surface area (Å²) in [6.07, 6.45) is 4.85. The zero-order chi connectivity index (χ0) is 17.5. The minimum absolute atomic E-state index is 0.220. The van der Waals surface area contributed by atoms with E-state index in [2.05, 4.69) is 43.1 Å². The number of carbonyl (C=O) groups excluding carboxylic acids is 1. The number of aromatic nitrogens is 2. The van der Waals surface area contributed by atoms with Crippen molar-refractivity contribution < 1.29 is 9.53 Å². The lowest BCUT2D eigenvalue weighted by Gasteiger charge is -2.05. The van der Waals surface area contributed by atoms with E-state index in [1.165, 1.54) is 6.20 Å². The van der Waals surface area contributed by atoms with Crippen LogP contribution in [0, 0.1) is 11.8 Å². The first-order chi connectivity index (χ1) is 12.2. The van der Waals surface area contributed by atoms with E-state index in [1.807, 2.05) is 30.3 Å². The average Bonchev–Trinajstić information content (AvgIpc) is 2.64. The third-order valence-electron chi connectivity index (χ3n) is 3.32. The lowest BCUT2D eigenvalue weighted by Crippen LogP contribution is -2.23. The van der Waals surface area contributed by atoms with Crippen molar-refractivity contribution >= 4 is 32.7 Å². The number of halogens is 1. The monoisotopic (exact) mass is 395 g/mol. The minimum atomic E-state index is -0.220. The van der Waals surface area contributed by atoms with Gasteiger partial charge in [-0.25, -0.2) is 0 Å². The lowest BCUT2D eigenvalue weighted by molar-refractivity contribution is 0.0958. The molecule has 0 aliphatic heterocycles. The molecular weight excluding hydrogens is 382 g/mol. The van der Waals surface area contributed by atoms with E-state index in [0.29, 0.717) is 11.3 Å². The van der Waals surface area contributed by atoms with Crippen molar-refractivity contribution in [3.8, 4) is 17.6 Å². The molecule has 3 rings (SSSR count). The number of carbonyl (C=O) groups is 1. The number of hydrogen-bond acceptors (Lipinski definition) is 4. The van der Waals surface area contributed by atoms with Crippen LogP contribution in [0.3, 0.4) is 0 Å². The normalized spacial score (nSPS) is 9.96. The Morgan fingerprint density at radius 2 is 2.08 bits per heavy atom.